The van der Waals surface area contributed by atoms with Gasteiger partial charge in [-0.15, -0.1) is 0 Å². The maximum atomic E-state index is 12.6. The number of anilines is 3. The van der Waals surface area contributed by atoms with Gasteiger partial charge >= 0.3 is 17.7 Å². The van der Waals surface area contributed by atoms with Gasteiger partial charge in [0.05, 0.1) is 32.4 Å². The summed E-state index contributed by atoms with van der Waals surface area (Å²) >= 11 is 5.52. The Hall–Kier alpha value is -5.43. The smallest absolute Gasteiger partial charge is 0.328 e. The van der Waals surface area contributed by atoms with Gasteiger partial charge in [0.15, 0.2) is 34.4 Å². The van der Waals surface area contributed by atoms with Crippen molar-refractivity contribution >= 4 is 62.5 Å². The summed E-state index contributed by atoms with van der Waals surface area (Å²) in [5.74, 6) is 0.904. The standard InChI is InChI=1S/C21H28N6O2.C9H13N5O.C5H4ClN5.C4H10O.2CH4.W/c1-2-3-11-29-20-24-18(22)17-19(25-20)27(21(28)23-17)14-16-8-6-7-15(12-16)13-26-9-4-5-10-26;1-2-3-4-15-9-13-7(10)6-8(14-9)12-5-11-6;6-5-10-3(7)2-4(11-5)9-1-8-2;1-2-3-4-5;;;/h6-8,12H,2-5,9-11,13-14H2,1H3,(H,23,28)(H2,22,24,25);5H,2-4H2,1H3,(H3,10,11,12,13,14);1H,(H3,7,8,9,10,11);5H,2-4H2,1H3;2*1H4;. The maximum absolute atomic E-state index is 12.6. The molecule has 0 bridgehead atoms. The Kier molecular flexibility index (Phi) is 23.5. The van der Waals surface area contributed by atoms with Crippen molar-refractivity contribution in [2.75, 3.05) is 50.1 Å². The van der Waals surface area contributed by atoms with E-state index in [1.807, 2.05) is 12.1 Å². The van der Waals surface area contributed by atoms with E-state index in [1.165, 1.54) is 31.1 Å². The number of hydrogen-bond acceptors (Lipinski definition) is 16. The number of nitrogen functional groups attached to an aromatic ring is 3. The molecule has 10 N–H and O–H groups in total. The Morgan fingerprint density at radius 1 is 0.730 bits per heavy atom. The SMILES string of the molecule is C.C.CCCCO.CCCCOc1nc(N)c2[nH]c(=O)n(Cc3cccc(CN4CCCC4)c3)c2n1.CCCCOc1nc(N)c2[nH]cnc2n1.Nc1nc(Cl)nc2nc[nH]c12.[W]. The van der Waals surface area contributed by atoms with E-state index in [0.717, 1.165) is 63.7 Å². The number of hydrogen-bond donors (Lipinski definition) is 7. The fraction of sp³-hybridized carbons (Fsp3) is 0.488. The molecule has 344 valence electrons. The number of halogens is 1. The number of aromatic amines is 3. The topological polar surface area (TPSA) is 292 Å². The Balaban J connectivity index is 0.000000336. The molecule has 22 heteroatoms. The zero-order valence-corrected chi connectivity index (χ0v) is 38.4. The normalized spacial score (nSPS) is 11.8. The zero-order valence-electron chi connectivity index (χ0n) is 34.7. The molecule has 0 unspecified atom stereocenters. The average Bonchev–Trinajstić information content (AvgIpc) is 4.06. The molecule has 1 fully saturated rings. The monoisotopic (exact) mass is 1060 g/mol. The van der Waals surface area contributed by atoms with Crippen molar-refractivity contribution in [2.24, 2.45) is 0 Å². The van der Waals surface area contributed by atoms with Crippen LogP contribution in [0.5, 0.6) is 12.0 Å². The predicted octanol–water partition coefficient (Wildman–Crippen LogP) is 6.28. The number of aromatic nitrogens is 12. The van der Waals surface area contributed by atoms with Crippen LogP contribution in [0.4, 0.5) is 17.5 Å². The number of fused-ring (bicyclic) bond motifs is 3. The van der Waals surface area contributed by atoms with Crippen molar-refractivity contribution in [1.82, 2.24) is 64.3 Å². The van der Waals surface area contributed by atoms with Gasteiger partial charge in [-0.2, -0.15) is 29.9 Å². The third kappa shape index (κ3) is 15.7. The van der Waals surface area contributed by atoms with Crippen LogP contribution in [0.2, 0.25) is 5.28 Å². The van der Waals surface area contributed by atoms with Gasteiger partial charge in [0, 0.05) is 34.2 Å². The van der Waals surface area contributed by atoms with Crippen molar-refractivity contribution in [3.8, 4) is 12.0 Å². The number of nitrogens with zero attached hydrogens (tertiary/aromatic N) is 10. The molecule has 0 amide bonds. The number of likely N-dealkylation sites (tertiary alicyclic amines) is 1. The first-order chi connectivity index (χ1) is 29.1. The summed E-state index contributed by atoms with van der Waals surface area (Å²) in [5, 5.41) is 8.18. The fourth-order valence-corrected chi connectivity index (χ4v) is 6.12. The Bertz CT molecular complexity index is 2450. The first-order valence-corrected chi connectivity index (χ1v) is 20.5. The minimum Gasteiger partial charge on any atom is -0.463 e. The van der Waals surface area contributed by atoms with Crippen molar-refractivity contribution < 1.29 is 35.6 Å². The number of aliphatic hydroxyl groups excluding tert-OH is 1. The fourth-order valence-electron chi connectivity index (χ4n) is 5.95. The van der Waals surface area contributed by atoms with Crippen molar-refractivity contribution in [1.29, 1.82) is 0 Å². The minimum atomic E-state index is -0.253. The molecule has 6 aromatic heterocycles. The summed E-state index contributed by atoms with van der Waals surface area (Å²) < 4.78 is 12.5. The maximum Gasteiger partial charge on any atom is 0.328 e. The third-order valence-electron chi connectivity index (χ3n) is 9.12. The van der Waals surface area contributed by atoms with E-state index in [0.29, 0.717) is 77.5 Å². The molecule has 0 aliphatic carbocycles. The van der Waals surface area contributed by atoms with Crippen molar-refractivity contribution in [3.63, 3.8) is 0 Å². The number of H-pyrrole nitrogens is 3. The van der Waals surface area contributed by atoms with E-state index >= 15 is 0 Å². The summed E-state index contributed by atoms with van der Waals surface area (Å²) in [7, 11) is 0. The number of benzene rings is 1. The van der Waals surface area contributed by atoms with Crippen LogP contribution in [0.1, 0.15) is 98.1 Å². The first kappa shape index (κ1) is 53.7. The van der Waals surface area contributed by atoms with E-state index in [-0.39, 0.29) is 58.7 Å². The van der Waals surface area contributed by atoms with Crippen LogP contribution in [-0.4, -0.2) is 102 Å². The summed E-state index contributed by atoms with van der Waals surface area (Å²) in [6, 6.07) is 8.87. The molecule has 0 radical (unpaired) electrons. The summed E-state index contributed by atoms with van der Waals surface area (Å²) in [5.41, 5.74) is 22.5. The van der Waals surface area contributed by atoms with Crippen LogP contribution in [-0.2, 0) is 34.2 Å². The molecule has 20 nitrogen and oxygen atoms in total. The van der Waals surface area contributed by atoms with Gasteiger partial charge in [-0.25, -0.2) is 14.8 Å². The predicted molar refractivity (Wildman–Crippen MR) is 246 cm³/mol. The number of rotatable bonds is 14. The Labute approximate surface area is 386 Å². The average molecular weight is 1060 g/mol. The van der Waals surface area contributed by atoms with Crippen molar-refractivity contribution in [2.45, 2.75) is 100 Å². The molecule has 1 aliphatic heterocycles. The number of unbranched alkanes of at least 4 members (excludes halogenated alkanes) is 3. The van der Waals surface area contributed by atoms with Crippen molar-refractivity contribution in [3.05, 3.63) is 63.8 Å². The molecule has 1 aliphatic rings. The Morgan fingerprint density at radius 3 is 1.81 bits per heavy atom. The molecule has 7 aromatic rings. The van der Waals surface area contributed by atoms with Gasteiger partial charge in [-0.05, 0) is 67.9 Å². The number of imidazole rings is 3. The van der Waals surface area contributed by atoms with Crippen LogP contribution < -0.4 is 32.4 Å². The second-order valence-corrected chi connectivity index (χ2v) is 14.2. The summed E-state index contributed by atoms with van der Waals surface area (Å²) in [4.78, 5) is 55.6. The minimum absolute atomic E-state index is 0. The second-order valence-electron chi connectivity index (χ2n) is 13.9. The van der Waals surface area contributed by atoms with E-state index < -0.39 is 0 Å². The van der Waals surface area contributed by atoms with E-state index in [2.05, 4.69) is 92.6 Å². The van der Waals surface area contributed by atoms with Gasteiger partial charge in [0.25, 0.3) is 0 Å². The second kappa shape index (κ2) is 27.6. The molecule has 63 heavy (non-hydrogen) atoms. The van der Waals surface area contributed by atoms with Gasteiger partial charge in [-0.3, -0.25) is 9.47 Å². The molecule has 0 atom stereocenters. The first-order valence-electron chi connectivity index (χ1n) is 20.1. The van der Waals surface area contributed by atoms with Crippen LogP contribution in [0, 0.1) is 0 Å². The molecule has 0 spiro atoms. The van der Waals surface area contributed by atoms with Crippen LogP contribution in [0.25, 0.3) is 33.5 Å². The summed E-state index contributed by atoms with van der Waals surface area (Å²) in [6.07, 6.45) is 11.6. The number of nitrogens with two attached hydrogens (primary N) is 3. The van der Waals surface area contributed by atoms with E-state index in [4.69, 9.17) is 43.4 Å². The summed E-state index contributed by atoms with van der Waals surface area (Å²) in [6.45, 7) is 11.4. The Morgan fingerprint density at radius 2 is 1.25 bits per heavy atom. The molecule has 1 saturated heterocycles. The molecule has 8 rings (SSSR count). The van der Waals surface area contributed by atoms with Gasteiger partial charge in [-0.1, -0.05) is 79.2 Å². The largest absolute Gasteiger partial charge is 0.463 e. The zero-order chi connectivity index (χ0) is 42.9. The van der Waals surface area contributed by atoms with Gasteiger partial charge in [0.1, 0.15) is 16.6 Å². The van der Waals surface area contributed by atoms with Crippen LogP contribution in [0.15, 0.2) is 41.7 Å². The number of nitrogens with one attached hydrogen (secondary N) is 3. The van der Waals surface area contributed by atoms with E-state index in [9.17, 15) is 4.79 Å². The third-order valence-corrected chi connectivity index (χ3v) is 9.29. The molecule has 1 aromatic carbocycles. The van der Waals surface area contributed by atoms with Gasteiger partial charge < -0.3 is 46.7 Å². The number of aliphatic hydroxyl groups is 1. The molecular formula is C41H63ClN16O4W. The van der Waals surface area contributed by atoms with Gasteiger partial charge in [0.2, 0.25) is 5.28 Å². The molecule has 0 saturated carbocycles. The quantitative estimate of drug-likeness (QED) is 0.0466. The number of ether oxygens (including phenoxy) is 2. The van der Waals surface area contributed by atoms with Crippen LogP contribution in [0.3, 0.4) is 0 Å². The molecule has 7 heterocycles. The molecular weight excluding hydrogens is 1000 g/mol. The van der Waals surface area contributed by atoms with Crippen LogP contribution >= 0.6 is 11.6 Å². The van der Waals surface area contributed by atoms with E-state index in [1.54, 1.807) is 4.57 Å².